The molecule has 1 unspecified atom stereocenters. The zero-order valence-corrected chi connectivity index (χ0v) is 14.6. The fourth-order valence-corrected chi connectivity index (χ4v) is 3.30. The van der Waals surface area contributed by atoms with Crippen LogP contribution in [0.15, 0.2) is 43.6 Å². The van der Waals surface area contributed by atoms with E-state index in [4.69, 9.17) is 8.83 Å². The predicted octanol–water partition coefficient (Wildman–Crippen LogP) is 3.92. The molecule has 1 aliphatic carbocycles. The van der Waals surface area contributed by atoms with Gasteiger partial charge in [0.2, 0.25) is 0 Å². The molecule has 0 fully saturated rings. The minimum Gasteiger partial charge on any atom is -0.448 e. The van der Waals surface area contributed by atoms with E-state index in [-0.39, 0.29) is 0 Å². The van der Waals surface area contributed by atoms with Gasteiger partial charge in [-0.2, -0.15) is 0 Å². The van der Waals surface area contributed by atoms with Crippen molar-refractivity contribution in [2.24, 2.45) is 0 Å². The Balaban J connectivity index is 1.72. The molecule has 4 rings (SSSR count). The molecule has 1 atom stereocenters. The number of furan rings is 2. The Kier molecular flexibility index (Phi) is 3.48. The van der Waals surface area contributed by atoms with E-state index in [1.54, 1.807) is 0 Å². The maximum Gasteiger partial charge on any atom is 0.178 e. The first-order chi connectivity index (χ1) is 10.7. The van der Waals surface area contributed by atoms with E-state index < -0.39 is 0 Å². The van der Waals surface area contributed by atoms with Gasteiger partial charge in [-0.15, -0.1) is 0 Å². The fourth-order valence-electron chi connectivity index (χ4n) is 2.45. The molecule has 22 heavy (non-hydrogen) atoms. The van der Waals surface area contributed by atoms with E-state index in [1.165, 1.54) is 0 Å². The molecule has 0 saturated carbocycles. The number of halogens is 2. The summed E-state index contributed by atoms with van der Waals surface area (Å²) in [6.45, 7) is 0. The van der Waals surface area contributed by atoms with Crippen molar-refractivity contribution in [2.75, 3.05) is 0 Å². The highest BCUT2D eigenvalue weighted by Gasteiger charge is 2.07. The van der Waals surface area contributed by atoms with Crippen molar-refractivity contribution < 1.29 is 8.83 Å². The zero-order chi connectivity index (χ0) is 15.1. The Hall–Kier alpha value is -1.70. The zero-order valence-electron chi connectivity index (χ0n) is 11.4. The van der Waals surface area contributed by atoms with Crippen molar-refractivity contribution in [3.8, 4) is 11.8 Å². The van der Waals surface area contributed by atoms with Gasteiger partial charge in [0, 0.05) is 32.0 Å². The van der Waals surface area contributed by atoms with Crippen LogP contribution in [0.4, 0.5) is 0 Å². The first-order valence-electron chi connectivity index (χ1n) is 6.84. The molecule has 0 amide bonds. The highest BCUT2D eigenvalue weighted by molar-refractivity contribution is 9.10. The summed E-state index contributed by atoms with van der Waals surface area (Å²) in [7, 11) is 0. The quantitative estimate of drug-likeness (QED) is 0.409. The molecule has 1 aliphatic rings. The largest absolute Gasteiger partial charge is 0.448 e. The third-order valence-corrected chi connectivity index (χ3v) is 4.60. The summed E-state index contributed by atoms with van der Waals surface area (Å²) in [5, 5.41) is 2.12. The van der Waals surface area contributed by atoms with Gasteiger partial charge in [-0.25, -0.2) is 0 Å². The van der Waals surface area contributed by atoms with Gasteiger partial charge in [0.1, 0.15) is 11.0 Å². The fraction of sp³-hybridized carbons (Fsp3) is 0.111. The third-order valence-electron chi connectivity index (χ3n) is 3.47. The van der Waals surface area contributed by atoms with Crippen molar-refractivity contribution >= 4 is 55.0 Å². The summed E-state index contributed by atoms with van der Waals surface area (Å²) in [5.74, 6) is 7.34. The lowest BCUT2D eigenvalue weighted by atomic mass is 10.2. The molecular weight excluding hydrogens is 408 g/mol. The average Bonchev–Trinajstić information content (AvgIpc) is 3.07. The van der Waals surface area contributed by atoms with Crippen LogP contribution >= 0.6 is 31.9 Å². The van der Waals surface area contributed by atoms with E-state index >= 15 is 0 Å². The molecule has 108 valence electrons. The topological polar surface area (TPSA) is 26.3 Å². The molecule has 3 aromatic rings. The number of hydrogen-bond donors (Lipinski definition) is 0. The maximum absolute atomic E-state index is 5.74. The van der Waals surface area contributed by atoms with E-state index in [9.17, 15) is 0 Å². The van der Waals surface area contributed by atoms with Crippen molar-refractivity contribution in [1.29, 1.82) is 0 Å². The number of alkyl halides is 1. The van der Waals surface area contributed by atoms with Gasteiger partial charge in [-0.3, -0.25) is 0 Å². The maximum atomic E-state index is 5.74. The lowest BCUT2D eigenvalue weighted by molar-refractivity contribution is 0.516. The monoisotopic (exact) mass is 416 g/mol. The van der Waals surface area contributed by atoms with Gasteiger partial charge in [-0.05, 0) is 42.5 Å². The van der Waals surface area contributed by atoms with Crippen LogP contribution in [-0.4, -0.2) is 4.83 Å². The van der Waals surface area contributed by atoms with Gasteiger partial charge in [-0.1, -0.05) is 37.9 Å². The van der Waals surface area contributed by atoms with Crippen molar-refractivity contribution in [3.63, 3.8) is 0 Å². The second kappa shape index (κ2) is 5.49. The van der Waals surface area contributed by atoms with E-state index in [0.29, 0.717) is 16.3 Å². The lowest BCUT2D eigenvalue weighted by Gasteiger charge is -2.00. The van der Waals surface area contributed by atoms with Crippen molar-refractivity contribution in [2.45, 2.75) is 11.2 Å². The van der Waals surface area contributed by atoms with Gasteiger partial charge in [0.15, 0.2) is 11.5 Å². The summed E-state index contributed by atoms with van der Waals surface area (Å²) in [5.41, 5.74) is 1.73. The molecule has 4 heteroatoms. The molecule has 2 heterocycles. The SMILES string of the molecule is Brc1ccc2oc(C#Cc3cc4c(o3)=CCC(Br)C=4)cc2c1. The molecule has 0 N–H and O–H groups in total. The Morgan fingerprint density at radius 3 is 2.73 bits per heavy atom. The summed E-state index contributed by atoms with van der Waals surface area (Å²) in [6, 6.07) is 9.78. The Labute approximate surface area is 143 Å². The second-order valence-corrected chi connectivity index (χ2v) is 7.19. The molecule has 0 saturated heterocycles. The van der Waals surface area contributed by atoms with Crippen molar-refractivity contribution in [3.05, 3.63) is 57.0 Å². The van der Waals surface area contributed by atoms with E-state index in [0.717, 1.165) is 32.5 Å². The first kappa shape index (κ1) is 13.9. The van der Waals surface area contributed by atoms with Crippen LogP contribution in [0.1, 0.15) is 17.9 Å². The van der Waals surface area contributed by atoms with Gasteiger partial charge in [0.25, 0.3) is 0 Å². The van der Waals surface area contributed by atoms with Gasteiger partial charge in [0.05, 0.1) is 0 Å². The van der Waals surface area contributed by atoms with Crippen LogP contribution in [0.3, 0.4) is 0 Å². The molecule has 0 radical (unpaired) electrons. The number of benzene rings is 1. The number of fused-ring (bicyclic) bond motifs is 2. The normalized spacial score (nSPS) is 16.4. The van der Waals surface area contributed by atoms with Crippen LogP contribution in [0.25, 0.3) is 23.1 Å². The molecular formula is C18H10Br2O2. The van der Waals surface area contributed by atoms with Crippen LogP contribution in [-0.2, 0) is 0 Å². The number of rotatable bonds is 0. The van der Waals surface area contributed by atoms with Gasteiger partial charge >= 0.3 is 0 Å². The molecule has 1 aromatic carbocycles. The average molecular weight is 418 g/mol. The summed E-state index contributed by atoms with van der Waals surface area (Å²) in [4.78, 5) is 0.368. The first-order valence-corrected chi connectivity index (χ1v) is 8.55. The van der Waals surface area contributed by atoms with Crippen molar-refractivity contribution in [1.82, 2.24) is 0 Å². The van der Waals surface area contributed by atoms with E-state index in [2.05, 4.69) is 55.9 Å². The summed E-state index contributed by atoms with van der Waals surface area (Å²) < 4.78 is 12.5. The third kappa shape index (κ3) is 2.67. The van der Waals surface area contributed by atoms with E-state index in [1.807, 2.05) is 30.3 Å². The minimum atomic E-state index is 0.368. The number of hydrogen-bond acceptors (Lipinski definition) is 2. The van der Waals surface area contributed by atoms with Crippen LogP contribution in [0, 0.1) is 11.8 Å². The van der Waals surface area contributed by atoms with Gasteiger partial charge < -0.3 is 8.83 Å². The predicted molar refractivity (Wildman–Crippen MR) is 94.1 cm³/mol. The highest BCUT2D eigenvalue weighted by atomic mass is 79.9. The van der Waals surface area contributed by atoms with Crippen LogP contribution in [0.2, 0.25) is 0 Å². The molecule has 2 nitrogen and oxygen atoms in total. The Morgan fingerprint density at radius 2 is 1.86 bits per heavy atom. The standard InChI is InChI=1S/C18H10Br2O2/c19-13-1-5-17-11(7-13)9-15(21-17)3-4-16-10-12-8-14(20)2-6-18(12)22-16/h1,5-10,14H,2H2. The van der Waals surface area contributed by atoms with Crippen LogP contribution < -0.4 is 10.6 Å². The lowest BCUT2D eigenvalue weighted by Crippen LogP contribution is -2.24. The second-order valence-electron chi connectivity index (χ2n) is 5.10. The summed E-state index contributed by atoms with van der Waals surface area (Å²) >= 11 is 7.04. The highest BCUT2D eigenvalue weighted by Crippen LogP contribution is 2.22. The Bertz CT molecular complexity index is 1040. The molecule has 0 spiro atoms. The molecule has 0 aliphatic heterocycles. The Morgan fingerprint density at radius 1 is 1.05 bits per heavy atom. The van der Waals surface area contributed by atoms with Crippen LogP contribution in [0.5, 0.6) is 0 Å². The minimum absolute atomic E-state index is 0.368. The molecule has 2 aromatic heterocycles. The smallest absolute Gasteiger partial charge is 0.178 e. The summed E-state index contributed by atoms with van der Waals surface area (Å²) in [6.07, 6.45) is 5.16. The molecule has 0 bridgehead atoms.